The predicted molar refractivity (Wildman–Crippen MR) is 64.0 cm³/mol. The molecule has 0 aromatic heterocycles. The summed E-state index contributed by atoms with van der Waals surface area (Å²) in [6, 6.07) is 0.391. The molecule has 1 rings (SSSR count). The Labute approximate surface area is 96.0 Å². The normalized spacial score (nSPS) is 28.7. The third-order valence-corrected chi connectivity index (χ3v) is 4.05. The molecule has 1 aliphatic rings. The van der Waals surface area contributed by atoms with Crippen LogP contribution in [0.25, 0.3) is 0 Å². The zero-order valence-corrected chi connectivity index (χ0v) is 10.3. The largest absolute Gasteiger partial charge is 0.378 e. The first-order valence-corrected chi connectivity index (χ1v) is 6.87. The van der Waals surface area contributed by atoms with Gasteiger partial charge in [0.1, 0.15) is 12.0 Å². The average molecular weight is 231 g/mol. The predicted octanol–water partition coefficient (Wildman–Crippen LogP) is 1.55. The molecule has 0 aromatic carbocycles. The van der Waals surface area contributed by atoms with Gasteiger partial charge in [-0.2, -0.15) is 11.8 Å². The molecule has 0 bridgehead atoms. The summed E-state index contributed by atoms with van der Waals surface area (Å²) < 4.78 is 0. The number of carbonyl (C=O) groups excluding carboxylic acids is 1. The summed E-state index contributed by atoms with van der Waals surface area (Å²) in [6.45, 7) is 1.51. The molecule has 0 aliphatic heterocycles. The molecule has 0 saturated heterocycles. The van der Waals surface area contributed by atoms with Crippen LogP contribution < -0.4 is 5.32 Å². The van der Waals surface area contributed by atoms with E-state index < -0.39 is 6.23 Å². The molecule has 1 saturated carbocycles. The molecular formula is C11H21NO2S. The van der Waals surface area contributed by atoms with Gasteiger partial charge < -0.3 is 5.11 Å². The van der Waals surface area contributed by atoms with Gasteiger partial charge in [0.25, 0.3) is 0 Å². The van der Waals surface area contributed by atoms with Gasteiger partial charge in [-0.1, -0.05) is 0 Å². The van der Waals surface area contributed by atoms with Crippen LogP contribution in [0.3, 0.4) is 0 Å². The lowest BCUT2D eigenvalue weighted by Gasteiger charge is -2.29. The standard InChI is InChI=1S/C11H21NO2S/c1-8(13)7-11(14)12-9-3-5-10(15-2)6-4-9/h9-12,14H,3-7H2,1-2H3. The van der Waals surface area contributed by atoms with E-state index in [9.17, 15) is 9.90 Å². The molecule has 0 radical (unpaired) electrons. The van der Waals surface area contributed by atoms with E-state index >= 15 is 0 Å². The number of aliphatic hydroxyl groups excluding tert-OH is 1. The second-order valence-electron chi connectivity index (χ2n) is 4.30. The minimum absolute atomic E-state index is 0.0350. The number of aliphatic hydroxyl groups is 1. The Morgan fingerprint density at radius 2 is 2.07 bits per heavy atom. The molecule has 0 amide bonds. The van der Waals surface area contributed by atoms with Gasteiger partial charge in [0.15, 0.2) is 0 Å². The van der Waals surface area contributed by atoms with Gasteiger partial charge in [-0.25, -0.2) is 0 Å². The summed E-state index contributed by atoms with van der Waals surface area (Å²) in [5.41, 5.74) is 0. The molecule has 3 nitrogen and oxygen atoms in total. The summed E-state index contributed by atoms with van der Waals surface area (Å²) >= 11 is 1.93. The highest BCUT2D eigenvalue weighted by Crippen LogP contribution is 2.26. The summed E-state index contributed by atoms with van der Waals surface area (Å²) in [5, 5.41) is 13.5. The van der Waals surface area contributed by atoms with Crippen molar-refractivity contribution in [2.24, 2.45) is 0 Å². The second kappa shape index (κ2) is 6.51. The van der Waals surface area contributed by atoms with Crippen molar-refractivity contribution < 1.29 is 9.90 Å². The minimum atomic E-state index is -0.654. The van der Waals surface area contributed by atoms with Crippen molar-refractivity contribution in [3.63, 3.8) is 0 Å². The Morgan fingerprint density at radius 1 is 1.47 bits per heavy atom. The van der Waals surface area contributed by atoms with Gasteiger partial charge >= 0.3 is 0 Å². The van der Waals surface area contributed by atoms with E-state index in [1.807, 2.05) is 11.8 Å². The second-order valence-corrected chi connectivity index (χ2v) is 5.44. The van der Waals surface area contributed by atoms with Crippen molar-refractivity contribution in [2.45, 2.75) is 56.5 Å². The van der Waals surface area contributed by atoms with Gasteiger partial charge in [-0.3, -0.25) is 10.1 Å². The maximum absolute atomic E-state index is 10.8. The van der Waals surface area contributed by atoms with Crippen LogP contribution in [0.5, 0.6) is 0 Å². The van der Waals surface area contributed by atoms with Gasteiger partial charge in [-0.15, -0.1) is 0 Å². The Morgan fingerprint density at radius 3 is 2.53 bits per heavy atom. The highest BCUT2D eigenvalue weighted by Gasteiger charge is 2.22. The Hall–Kier alpha value is -0.0600. The van der Waals surface area contributed by atoms with Gasteiger partial charge in [0, 0.05) is 17.7 Å². The summed E-state index contributed by atoms with van der Waals surface area (Å²) in [6.07, 6.45) is 6.38. The van der Waals surface area contributed by atoms with Crippen molar-refractivity contribution in [1.29, 1.82) is 0 Å². The molecular weight excluding hydrogens is 210 g/mol. The van der Waals surface area contributed by atoms with E-state index in [0.29, 0.717) is 6.04 Å². The molecule has 0 heterocycles. The van der Waals surface area contributed by atoms with Crippen molar-refractivity contribution >= 4 is 17.5 Å². The molecule has 0 spiro atoms. The number of nitrogens with one attached hydrogen (secondary N) is 1. The Bertz CT molecular complexity index is 203. The molecule has 2 N–H and O–H groups in total. The van der Waals surface area contributed by atoms with Crippen LogP contribution in [0.4, 0.5) is 0 Å². The Balaban J connectivity index is 2.20. The van der Waals surface area contributed by atoms with Crippen LogP contribution in [0.15, 0.2) is 0 Å². The fourth-order valence-corrected chi connectivity index (χ4v) is 2.81. The van der Waals surface area contributed by atoms with Crippen LogP contribution in [-0.2, 0) is 4.79 Å². The van der Waals surface area contributed by atoms with E-state index in [2.05, 4.69) is 11.6 Å². The van der Waals surface area contributed by atoms with Crippen molar-refractivity contribution in [3.05, 3.63) is 0 Å². The van der Waals surface area contributed by atoms with Gasteiger partial charge in [0.2, 0.25) is 0 Å². The summed E-state index contributed by atoms with van der Waals surface area (Å²) in [5.74, 6) is 0.0350. The van der Waals surface area contributed by atoms with Crippen LogP contribution in [0.1, 0.15) is 39.0 Å². The maximum atomic E-state index is 10.8. The topological polar surface area (TPSA) is 49.3 Å². The van der Waals surface area contributed by atoms with Crippen LogP contribution in [0, 0.1) is 0 Å². The number of Topliss-reactive ketones (excluding diaryl/α,β-unsaturated/α-hetero) is 1. The van der Waals surface area contributed by atoms with E-state index in [-0.39, 0.29) is 12.2 Å². The molecule has 1 fully saturated rings. The molecule has 88 valence electrons. The SMILES string of the molecule is CSC1CCC(NC(O)CC(C)=O)CC1. The number of hydrogen-bond donors (Lipinski definition) is 2. The summed E-state index contributed by atoms with van der Waals surface area (Å²) in [4.78, 5) is 10.8. The lowest BCUT2D eigenvalue weighted by molar-refractivity contribution is -0.119. The maximum Gasteiger partial charge on any atom is 0.133 e. The van der Waals surface area contributed by atoms with Crippen molar-refractivity contribution in [2.75, 3.05) is 6.26 Å². The number of hydrogen-bond acceptors (Lipinski definition) is 4. The van der Waals surface area contributed by atoms with E-state index in [1.54, 1.807) is 0 Å². The fourth-order valence-electron chi connectivity index (χ4n) is 2.07. The van der Waals surface area contributed by atoms with Crippen molar-refractivity contribution in [1.82, 2.24) is 5.32 Å². The lowest BCUT2D eigenvalue weighted by atomic mass is 9.95. The van der Waals surface area contributed by atoms with Crippen LogP contribution >= 0.6 is 11.8 Å². The van der Waals surface area contributed by atoms with E-state index in [1.165, 1.54) is 19.8 Å². The zero-order valence-electron chi connectivity index (χ0n) is 9.53. The number of ketones is 1. The lowest BCUT2D eigenvalue weighted by Crippen LogP contribution is -2.41. The number of thioether (sulfide) groups is 1. The molecule has 0 aromatic rings. The third-order valence-electron chi connectivity index (χ3n) is 2.92. The average Bonchev–Trinajstić information content (AvgIpc) is 2.17. The first-order chi connectivity index (χ1) is 7.11. The molecule has 4 heteroatoms. The minimum Gasteiger partial charge on any atom is -0.378 e. The van der Waals surface area contributed by atoms with Gasteiger partial charge in [-0.05, 0) is 38.9 Å². The Kier molecular flexibility index (Phi) is 5.64. The molecule has 15 heavy (non-hydrogen) atoms. The monoisotopic (exact) mass is 231 g/mol. The van der Waals surface area contributed by atoms with Crippen molar-refractivity contribution in [3.8, 4) is 0 Å². The number of carbonyl (C=O) groups is 1. The quantitative estimate of drug-likeness (QED) is 0.705. The zero-order chi connectivity index (χ0) is 11.3. The summed E-state index contributed by atoms with van der Waals surface area (Å²) in [7, 11) is 0. The fraction of sp³-hybridized carbons (Fsp3) is 0.909. The van der Waals surface area contributed by atoms with Gasteiger partial charge in [0.05, 0.1) is 0 Å². The highest BCUT2D eigenvalue weighted by atomic mass is 32.2. The first kappa shape index (κ1) is 13.0. The van der Waals surface area contributed by atoms with Crippen LogP contribution in [-0.4, -0.2) is 34.7 Å². The third kappa shape index (κ3) is 5.00. The van der Waals surface area contributed by atoms with E-state index in [0.717, 1.165) is 18.1 Å². The molecule has 1 aliphatic carbocycles. The van der Waals surface area contributed by atoms with Crippen LogP contribution in [0.2, 0.25) is 0 Å². The highest BCUT2D eigenvalue weighted by molar-refractivity contribution is 7.99. The number of rotatable bonds is 5. The first-order valence-electron chi connectivity index (χ1n) is 5.58. The molecule has 1 atom stereocenters. The molecule has 1 unspecified atom stereocenters. The smallest absolute Gasteiger partial charge is 0.133 e. The van der Waals surface area contributed by atoms with E-state index in [4.69, 9.17) is 0 Å².